The number of amides is 2. The van der Waals surface area contributed by atoms with Gasteiger partial charge in [-0.05, 0) is 45.0 Å². The highest BCUT2D eigenvalue weighted by Crippen LogP contribution is 2.57. The highest BCUT2D eigenvalue weighted by Gasteiger charge is 2.67. The number of nitrogens with one attached hydrogen (secondary N) is 1. The Morgan fingerprint density at radius 2 is 2.06 bits per heavy atom. The van der Waals surface area contributed by atoms with Crippen LogP contribution < -0.4 is 10.1 Å². The third-order valence-corrected chi connectivity index (χ3v) is 7.05. The average molecular weight is 455 g/mol. The number of hydrogen-bond acceptors (Lipinski definition) is 5. The number of fused-ring (bicyclic) bond motifs is 6. The molecule has 2 aromatic rings. The normalized spacial score (nSPS) is 27.9. The summed E-state index contributed by atoms with van der Waals surface area (Å²) in [5.74, 6) is -2.00. The second-order valence-electron chi connectivity index (χ2n) is 8.66. The lowest BCUT2D eigenvalue weighted by Gasteiger charge is -2.38. The van der Waals surface area contributed by atoms with Crippen molar-refractivity contribution in [3.8, 4) is 5.75 Å². The highest BCUT2D eigenvalue weighted by atomic mass is 35.5. The maximum absolute atomic E-state index is 14.0. The first-order chi connectivity index (χ1) is 15.3. The fraction of sp³-hybridized carbons (Fsp3) is 0.375. The molecular weight excluding hydrogens is 432 g/mol. The minimum Gasteiger partial charge on any atom is -0.493 e. The molecule has 4 atom stereocenters. The Labute approximate surface area is 190 Å². The van der Waals surface area contributed by atoms with Crippen molar-refractivity contribution in [1.29, 1.82) is 0 Å². The van der Waals surface area contributed by atoms with E-state index < -0.39 is 35.3 Å². The Bertz CT molecular complexity index is 1170. The Hall–Kier alpha value is -3.06. The van der Waals surface area contributed by atoms with Gasteiger partial charge in [-0.1, -0.05) is 29.3 Å². The Morgan fingerprint density at radius 3 is 2.81 bits per heavy atom. The van der Waals surface area contributed by atoms with Gasteiger partial charge in [0.05, 0.1) is 36.4 Å². The molecule has 7 nitrogen and oxygen atoms in total. The number of nitrogens with zero attached hydrogens (tertiary/aromatic N) is 1. The molecule has 3 heterocycles. The number of hydrogen-bond donors (Lipinski definition) is 1. The van der Waals surface area contributed by atoms with E-state index in [0.29, 0.717) is 22.0 Å². The predicted molar refractivity (Wildman–Crippen MR) is 118 cm³/mol. The van der Waals surface area contributed by atoms with E-state index in [0.717, 1.165) is 11.1 Å². The molecule has 1 saturated heterocycles. The van der Waals surface area contributed by atoms with Gasteiger partial charge < -0.3 is 19.7 Å². The molecule has 32 heavy (non-hydrogen) atoms. The van der Waals surface area contributed by atoms with E-state index in [-0.39, 0.29) is 19.1 Å². The zero-order chi connectivity index (χ0) is 22.8. The molecule has 0 aromatic heterocycles. The molecule has 1 fully saturated rings. The number of rotatable bonds is 2. The van der Waals surface area contributed by atoms with Gasteiger partial charge in [0.15, 0.2) is 0 Å². The highest BCUT2D eigenvalue weighted by molar-refractivity contribution is 6.31. The van der Waals surface area contributed by atoms with Gasteiger partial charge in [0.2, 0.25) is 0 Å². The number of anilines is 1. The molecule has 5 rings (SSSR count). The van der Waals surface area contributed by atoms with Crippen molar-refractivity contribution < 1.29 is 23.9 Å². The lowest BCUT2D eigenvalue weighted by Crippen LogP contribution is -2.57. The number of carbonyl (C=O) groups excluding carboxylic acids is 3. The van der Waals surface area contributed by atoms with Crippen LogP contribution >= 0.6 is 11.6 Å². The molecule has 8 heteroatoms. The smallest absolute Gasteiger partial charge is 0.312 e. The lowest BCUT2D eigenvalue weighted by atomic mass is 9.77. The van der Waals surface area contributed by atoms with Gasteiger partial charge in [-0.2, -0.15) is 0 Å². The largest absolute Gasteiger partial charge is 0.493 e. The summed E-state index contributed by atoms with van der Waals surface area (Å²) >= 11 is 6.19. The molecule has 2 amide bonds. The van der Waals surface area contributed by atoms with Crippen LogP contribution in [0.25, 0.3) is 0 Å². The number of aryl methyl sites for hydroxylation is 1. The van der Waals surface area contributed by atoms with Gasteiger partial charge >= 0.3 is 5.97 Å². The van der Waals surface area contributed by atoms with Crippen molar-refractivity contribution in [3.05, 3.63) is 58.1 Å². The van der Waals surface area contributed by atoms with Gasteiger partial charge in [0.1, 0.15) is 11.3 Å². The third kappa shape index (κ3) is 2.77. The monoisotopic (exact) mass is 454 g/mol. The Balaban J connectivity index is 1.77. The maximum Gasteiger partial charge on any atom is 0.312 e. The van der Waals surface area contributed by atoms with E-state index in [2.05, 4.69) is 5.32 Å². The summed E-state index contributed by atoms with van der Waals surface area (Å²) in [6, 6.07) is 10.00. The van der Waals surface area contributed by atoms with E-state index in [1.165, 1.54) is 0 Å². The number of ether oxygens (including phenoxy) is 2. The first-order valence-corrected chi connectivity index (χ1v) is 11.0. The van der Waals surface area contributed by atoms with Crippen molar-refractivity contribution in [1.82, 2.24) is 4.90 Å². The van der Waals surface area contributed by atoms with Crippen molar-refractivity contribution in [2.45, 2.75) is 32.4 Å². The Morgan fingerprint density at radius 1 is 1.28 bits per heavy atom. The molecule has 0 aliphatic carbocycles. The van der Waals surface area contributed by atoms with Gasteiger partial charge in [0.25, 0.3) is 11.8 Å². The summed E-state index contributed by atoms with van der Waals surface area (Å²) in [5.41, 5.74) is 0.961. The van der Waals surface area contributed by atoms with Gasteiger partial charge in [-0.15, -0.1) is 0 Å². The Kier molecular flexibility index (Phi) is 4.71. The first kappa shape index (κ1) is 20.8. The summed E-state index contributed by atoms with van der Waals surface area (Å²) in [6.07, 6.45) is 0. The SMILES string of the molecule is CCOC(=O)C1C2COc3ccc(C)cc3C2N2C(=O)c3cc(Cl)ccc3NC(=O)[C@@]12C. The summed E-state index contributed by atoms with van der Waals surface area (Å²) in [7, 11) is 0. The van der Waals surface area contributed by atoms with Crippen LogP contribution in [0.4, 0.5) is 5.69 Å². The van der Waals surface area contributed by atoms with Crippen molar-refractivity contribution in [3.63, 3.8) is 0 Å². The summed E-state index contributed by atoms with van der Waals surface area (Å²) < 4.78 is 11.4. The number of carbonyl (C=O) groups is 3. The second-order valence-corrected chi connectivity index (χ2v) is 9.09. The quantitative estimate of drug-likeness (QED) is 0.699. The summed E-state index contributed by atoms with van der Waals surface area (Å²) in [4.78, 5) is 42.4. The van der Waals surface area contributed by atoms with E-state index in [1.807, 2.05) is 25.1 Å². The van der Waals surface area contributed by atoms with Gasteiger partial charge in [0, 0.05) is 16.5 Å². The van der Waals surface area contributed by atoms with Crippen LogP contribution in [0.2, 0.25) is 5.02 Å². The average Bonchev–Trinajstić information content (AvgIpc) is 3.00. The van der Waals surface area contributed by atoms with Crippen molar-refractivity contribution in [2.75, 3.05) is 18.5 Å². The lowest BCUT2D eigenvalue weighted by molar-refractivity contribution is -0.155. The molecular formula is C24H23ClN2O5. The fourth-order valence-corrected chi connectivity index (χ4v) is 5.58. The standard InChI is InChI=1S/C24H23ClN2O5/c1-4-31-22(29)19-16-11-32-18-8-5-12(2)9-15(18)20(16)27-21(28)14-10-13(25)6-7-17(14)26-23(30)24(19,27)3/h5-10,16,19-20H,4,11H2,1-3H3,(H,26,30)/t16?,19?,20?,24-/m1/s1. The van der Waals surface area contributed by atoms with E-state index in [9.17, 15) is 14.4 Å². The molecule has 0 bridgehead atoms. The van der Waals surface area contributed by atoms with E-state index >= 15 is 0 Å². The van der Waals surface area contributed by atoms with Gasteiger partial charge in [-0.3, -0.25) is 14.4 Å². The number of halogens is 1. The maximum atomic E-state index is 14.0. The minimum atomic E-state index is -1.47. The summed E-state index contributed by atoms with van der Waals surface area (Å²) in [6.45, 7) is 5.68. The minimum absolute atomic E-state index is 0.171. The molecule has 0 radical (unpaired) electrons. The molecule has 0 spiro atoms. The van der Waals surface area contributed by atoms with Crippen LogP contribution in [0.3, 0.4) is 0 Å². The fourth-order valence-electron chi connectivity index (χ4n) is 5.41. The second kappa shape index (κ2) is 7.24. The molecule has 166 valence electrons. The zero-order valence-corrected chi connectivity index (χ0v) is 18.7. The first-order valence-electron chi connectivity index (χ1n) is 10.6. The molecule has 1 N–H and O–H groups in total. The van der Waals surface area contributed by atoms with Crippen LogP contribution in [0.1, 0.15) is 41.4 Å². The van der Waals surface area contributed by atoms with E-state index in [1.54, 1.807) is 36.9 Å². The van der Waals surface area contributed by atoms with Gasteiger partial charge in [-0.25, -0.2) is 0 Å². The van der Waals surface area contributed by atoms with Crippen LogP contribution in [0.5, 0.6) is 5.75 Å². The number of benzene rings is 2. The van der Waals surface area contributed by atoms with Crippen molar-refractivity contribution in [2.24, 2.45) is 11.8 Å². The van der Waals surface area contributed by atoms with Crippen LogP contribution in [0, 0.1) is 18.8 Å². The predicted octanol–water partition coefficient (Wildman–Crippen LogP) is 3.74. The topological polar surface area (TPSA) is 84.9 Å². The zero-order valence-electron chi connectivity index (χ0n) is 18.0. The molecule has 2 aromatic carbocycles. The summed E-state index contributed by atoms with van der Waals surface area (Å²) in [5, 5.41) is 3.24. The van der Waals surface area contributed by atoms with Crippen LogP contribution in [0.15, 0.2) is 36.4 Å². The van der Waals surface area contributed by atoms with Crippen molar-refractivity contribution >= 4 is 35.1 Å². The molecule has 3 aliphatic rings. The number of esters is 1. The van der Waals surface area contributed by atoms with E-state index in [4.69, 9.17) is 21.1 Å². The van der Waals surface area contributed by atoms with Crippen LogP contribution in [-0.2, 0) is 14.3 Å². The molecule has 3 aliphatic heterocycles. The molecule has 0 saturated carbocycles. The third-order valence-electron chi connectivity index (χ3n) is 6.81. The molecule has 3 unspecified atom stereocenters. The van der Waals surface area contributed by atoms with Crippen LogP contribution in [-0.4, -0.2) is 41.4 Å².